The van der Waals surface area contributed by atoms with Crippen molar-refractivity contribution in [1.29, 1.82) is 0 Å². The van der Waals surface area contributed by atoms with Crippen LogP contribution in [0.2, 0.25) is 0 Å². The lowest BCUT2D eigenvalue weighted by Crippen LogP contribution is -2.40. The van der Waals surface area contributed by atoms with Crippen molar-refractivity contribution in [1.82, 2.24) is 4.98 Å². The van der Waals surface area contributed by atoms with Crippen LogP contribution in [0, 0.1) is 5.92 Å². The molecule has 86 valence electrons. The van der Waals surface area contributed by atoms with Crippen LogP contribution in [0.3, 0.4) is 0 Å². The van der Waals surface area contributed by atoms with Gasteiger partial charge in [0.1, 0.15) is 0 Å². The van der Waals surface area contributed by atoms with E-state index in [-0.39, 0.29) is 4.75 Å². The molecule has 0 radical (unpaired) electrons. The lowest BCUT2D eigenvalue weighted by atomic mass is 9.87. The summed E-state index contributed by atoms with van der Waals surface area (Å²) in [7, 11) is 0. The highest BCUT2D eigenvalue weighted by atomic mass is 32.2. The van der Waals surface area contributed by atoms with Crippen LogP contribution >= 0.6 is 24.0 Å². The van der Waals surface area contributed by atoms with Gasteiger partial charge < -0.3 is 24.8 Å². The Labute approximate surface area is 112 Å². The second-order valence-electron chi connectivity index (χ2n) is 4.13. The van der Waals surface area contributed by atoms with Crippen LogP contribution < -0.4 is 0 Å². The first-order chi connectivity index (χ1) is 7.68. The van der Waals surface area contributed by atoms with Gasteiger partial charge in [0.2, 0.25) is 0 Å². The zero-order chi connectivity index (χ0) is 11.6. The van der Waals surface area contributed by atoms with Crippen molar-refractivity contribution in [2.45, 2.75) is 24.5 Å². The van der Waals surface area contributed by atoms with Gasteiger partial charge in [-0.1, -0.05) is 13.0 Å². The van der Waals surface area contributed by atoms with E-state index in [1.807, 2.05) is 36.2 Å². The van der Waals surface area contributed by atoms with Gasteiger partial charge in [-0.2, -0.15) is 0 Å². The normalized spacial score (nSPS) is 29.9. The largest absolute Gasteiger partial charge is 0.431 e. The van der Waals surface area contributed by atoms with E-state index in [9.17, 15) is 0 Å². The van der Waals surface area contributed by atoms with Crippen molar-refractivity contribution in [3.8, 4) is 0 Å². The summed E-state index contributed by atoms with van der Waals surface area (Å²) in [4.78, 5) is 4.47. The third-order valence-electron chi connectivity index (χ3n) is 3.15. The summed E-state index contributed by atoms with van der Waals surface area (Å²) < 4.78 is 0.438. The van der Waals surface area contributed by atoms with Gasteiger partial charge >= 0.3 is 0 Å². The van der Waals surface area contributed by atoms with Gasteiger partial charge in [0.15, 0.2) is 0 Å². The monoisotopic (exact) mass is 268 g/mol. The second kappa shape index (κ2) is 4.98. The maximum atomic E-state index is 5.34. The predicted octanol–water partition coefficient (Wildman–Crippen LogP) is 3.31. The molecular weight excluding hydrogens is 254 g/mol. The Balaban J connectivity index is 2.46. The number of thioether (sulfide) groups is 1. The molecule has 0 N–H and O–H groups in total. The molecule has 1 fully saturated rings. The smallest absolute Gasteiger partial charge is 0.0676 e. The van der Waals surface area contributed by atoms with Crippen LogP contribution in [-0.4, -0.2) is 14.9 Å². The molecule has 0 aromatic carbocycles. The van der Waals surface area contributed by atoms with Crippen LogP contribution in [0.5, 0.6) is 0 Å². The molecule has 0 bridgehead atoms. The van der Waals surface area contributed by atoms with Gasteiger partial charge in [0.25, 0.3) is 0 Å². The summed E-state index contributed by atoms with van der Waals surface area (Å²) in [5.74, 6) is 1.60. The molecule has 0 spiro atoms. The number of aromatic nitrogens is 1. The Bertz CT molecular complexity index is 379. The van der Waals surface area contributed by atoms with Crippen LogP contribution in [-0.2, 0) is 17.4 Å². The number of nitrogens with zero attached hydrogens (tertiary/aromatic N) is 1. The molecule has 2 heterocycles. The molecule has 0 saturated carbocycles. The van der Waals surface area contributed by atoms with E-state index in [0.29, 0.717) is 10.1 Å². The zero-order valence-electron chi connectivity index (χ0n) is 9.18. The highest BCUT2D eigenvalue weighted by molar-refractivity contribution is 8.08. The predicted molar refractivity (Wildman–Crippen MR) is 76.7 cm³/mol. The van der Waals surface area contributed by atoms with Crippen molar-refractivity contribution in [3.05, 3.63) is 30.1 Å². The second-order valence-corrected chi connectivity index (χ2v) is 6.55. The van der Waals surface area contributed by atoms with E-state index in [2.05, 4.69) is 11.9 Å². The molecule has 4 heteroatoms. The molecular formula is C12H14NS3-. The summed E-state index contributed by atoms with van der Waals surface area (Å²) in [6.07, 6.45) is 4.26. The first-order valence-electron chi connectivity index (χ1n) is 5.45. The first-order valence-corrected chi connectivity index (χ1v) is 7.25. The van der Waals surface area contributed by atoms with Crippen LogP contribution in [0.1, 0.15) is 25.5 Å². The van der Waals surface area contributed by atoms with Gasteiger partial charge in [-0.3, -0.25) is 4.98 Å². The Morgan fingerprint density at radius 3 is 3.00 bits per heavy atom. The van der Waals surface area contributed by atoms with Crippen molar-refractivity contribution < 1.29 is 0 Å². The minimum absolute atomic E-state index is 0.218. The summed E-state index contributed by atoms with van der Waals surface area (Å²) >= 11 is 12.6. The quantitative estimate of drug-likeness (QED) is 0.602. The zero-order valence-corrected chi connectivity index (χ0v) is 11.6. The highest BCUT2D eigenvalue weighted by Crippen LogP contribution is 2.48. The van der Waals surface area contributed by atoms with Gasteiger partial charge in [0, 0.05) is 6.20 Å². The molecule has 16 heavy (non-hydrogen) atoms. The minimum atomic E-state index is -0.218. The third-order valence-corrected chi connectivity index (χ3v) is 5.82. The Morgan fingerprint density at radius 1 is 1.62 bits per heavy atom. The van der Waals surface area contributed by atoms with Gasteiger partial charge in [-0.05, 0) is 36.6 Å². The number of thiocarbonyl (C=S) groups is 1. The van der Waals surface area contributed by atoms with E-state index >= 15 is 0 Å². The molecule has 1 aliphatic rings. The number of hydrogen-bond donors (Lipinski definition) is 0. The van der Waals surface area contributed by atoms with Crippen molar-refractivity contribution >= 4 is 40.8 Å². The maximum absolute atomic E-state index is 5.34. The van der Waals surface area contributed by atoms with Gasteiger partial charge in [0.05, 0.1) is 10.4 Å². The van der Waals surface area contributed by atoms with E-state index in [1.165, 1.54) is 12.8 Å². The average molecular weight is 268 g/mol. The Morgan fingerprint density at radius 2 is 2.44 bits per heavy atom. The molecule has 1 aromatic rings. The maximum Gasteiger partial charge on any atom is 0.0676 e. The lowest BCUT2D eigenvalue weighted by Gasteiger charge is -2.44. The molecule has 2 rings (SSSR count). The fourth-order valence-electron chi connectivity index (χ4n) is 2.24. The summed E-state index contributed by atoms with van der Waals surface area (Å²) in [5.41, 5.74) is 1.03. The highest BCUT2D eigenvalue weighted by Gasteiger charge is 2.40. The lowest BCUT2D eigenvalue weighted by molar-refractivity contribution is 0.448. The molecule has 1 nitrogen and oxygen atoms in total. The van der Waals surface area contributed by atoms with E-state index in [4.69, 9.17) is 24.8 Å². The number of hydrogen-bond acceptors (Lipinski definition) is 4. The van der Waals surface area contributed by atoms with Crippen LogP contribution in [0.15, 0.2) is 24.4 Å². The van der Waals surface area contributed by atoms with Gasteiger partial charge in [-0.25, -0.2) is 0 Å². The molecule has 2 atom stereocenters. The molecule has 1 saturated heterocycles. The van der Waals surface area contributed by atoms with Crippen LogP contribution in [0.4, 0.5) is 0 Å². The van der Waals surface area contributed by atoms with E-state index in [1.54, 1.807) is 0 Å². The fourth-order valence-corrected chi connectivity index (χ4v) is 4.63. The molecule has 0 aliphatic carbocycles. The number of rotatable bonds is 2. The topological polar surface area (TPSA) is 12.9 Å². The standard InChI is InChI=1S/C12H15NS3/c1-9-5-4-8-16-12(9,11(14)15)10-6-2-3-7-13-10/h2-3,6-7,9H,4-5,8H2,1H3,(H,14,15)/p-1. The summed E-state index contributed by atoms with van der Waals surface area (Å²) in [6, 6.07) is 5.99. The number of pyridine rings is 1. The van der Waals surface area contributed by atoms with Crippen molar-refractivity contribution in [2.24, 2.45) is 5.92 Å². The van der Waals surface area contributed by atoms with Crippen molar-refractivity contribution in [2.75, 3.05) is 5.75 Å². The Hall–Kier alpha value is -0.190. The SMILES string of the molecule is CC1CCCSC1(C(=S)[S-])c1ccccn1. The van der Waals surface area contributed by atoms with E-state index in [0.717, 1.165) is 11.4 Å². The first kappa shape index (κ1) is 12.3. The fraction of sp³-hybridized carbons (Fsp3) is 0.500. The minimum Gasteiger partial charge on any atom is -0.431 e. The molecule has 1 aromatic heterocycles. The molecule has 1 aliphatic heterocycles. The van der Waals surface area contributed by atoms with Crippen LogP contribution in [0.25, 0.3) is 0 Å². The molecule has 2 unspecified atom stereocenters. The molecule has 0 amide bonds. The van der Waals surface area contributed by atoms with Crippen molar-refractivity contribution in [3.63, 3.8) is 0 Å². The average Bonchev–Trinajstić information content (AvgIpc) is 2.30. The van der Waals surface area contributed by atoms with E-state index < -0.39 is 0 Å². The Kier molecular flexibility index (Phi) is 3.82. The summed E-state index contributed by atoms with van der Waals surface area (Å²) in [6.45, 7) is 2.24. The van der Waals surface area contributed by atoms with Gasteiger partial charge in [-0.15, -0.1) is 16.0 Å². The third kappa shape index (κ3) is 1.98. The summed E-state index contributed by atoms with van der Waals surface area (Å²) in [5, 5.41) is 0.